The highest BCUT2D eigenvalue weighted by molar-refractivity contribution is 14.1. The normalized spacial score (nSPS) is 14.1. The van der Waals surface area contributed by atoms with Crippen molar-refractivity contribution in [3.8, 4) is 0 Å². The maximum Gasteiger partial charge on any atom is 0.250 e. The highest BCUT2D eigenvalue weighted by Gasteiger charge is 2.31. The van der Waals surface area contributed by atoms with Gasteiger partial charge < -0.3 is 16.4 Å². The molecule has 3 atom stereocenters. The van der Waals surface area contributed by atoms with Crippen molar-refractivity contribution in [2.45, 2.75) is 55.4 Å². The van der Waals surface area contributed by atoms with Crippen LogP contribution in [0.1, 0.15) is 32.3 Å². The molecule has 0 unspecified atom stereocenters. The fourth-order valence-electron chi connectivity index (χ4n) is 3.22. The minimum atomic E-state index is -3.93. The predicted octanol–water partition coefficient (Wildman–Crippen LogP) is 2.06. The molecule has 1 aromatic heterocycles. The largest absolute Gasteiger partial charge is 0.368 e. The van der Waals surface area contributed by atoms with E-state index in [4.69, 9.17) is 5.73 Å². The number of thiophene rings is 1. The Morgan fingerprint density at radius 3 is 2.14 bits per heavy atom. The first-order valence-corrected chi connectivity index (χ1v) is 15.3. The van der Waals surface area contributed by atoms with Crippen molar-refractivity contribution in [2.24, 2.45) is 11.7 Å². The lowest BCUT2D eigenvalue weighted by Gasteiger charge is -2.25. The van der Waals surface area contributed by atoms with Crippen LogP contribution in [0.15, 0.2) is 46.0 Å². The van der Waals surface area contributed by atoms with Crippen molar-refractivity contribution in [3.05, 3.63) is 50.9 Å². The number of benzene rings is 1. The quantitative estimate of drug-likeness (QED) is 0.155. The smallest absolute Gasteiger partial charge is 0.250 e. The number of amides is 3. The predicted molar refractivity (Wildman–Crippen MR) is 152 cm³/mol. The van der Waals surface area contributed by atoms with Gasteiger partial charge in [-0.1, -0.05) is 32.0 Å². The van der Waals surface area contributed by atoms with Gasteiger partial charge in [0.05, 0.1) is 0 Å². The second-order valence-electron chi connectivity index (χ2n) is 8.62. The summed E-state index contributed by atoms with van der Waals surface area (Å²) < 4.78 is 29.3. The molecule has 0 bridgehead atoms. The molecule has 2 aromatic rings. The number of nitrogens with one attached hydrogen (secondary N) is 3. The van der Waals surface area contributed by atoms with Crippen LogP contribution in [-0.4, -0.2) is 50.0 Å². The second kappa shape index (κ2) is 14.3. The van der Waals surface area contributed by atoms with E-state index >= 15 is 0 Å². The SMILES string of the molecule is CC(C)CC[C@H](NS(=O)(=O)c1cccs1)C(=O)N[C@@H](Cc1ccc(I)cc1)C(=O)N[C@@H](CS)C(N)=O. The van der Waals surface area contributed by atoms with E-state index in [1.807, 2.05) is 38.1 Å². The molecule has 0 spiro atoms. The van der Waals surface area contributed by atoms with Crippen molar-refractivity contribution >= 4 is 74.3 Å². The molecule has 2 rings (SSSR count). The molecule has 0 radical (unpaired) electrons. The van der Waals surface area contributed by atoms with E-state index in [1.54, 1.807) is 11.4 Å². The number of carbonyl (C=O) groups excluding carboxylic acids is 3. The van der Waals surface area contributed by atoms with Gasteiger partial charge in [0.1, 0.15) is 22.3 Å². The highest BCUT2D eigenvalue weighted by atomic mass is 127. The monoisotopic (exact) mass is 666 g/mol. The number of sulfonamides is 1. The van der Waals surface area contributed by atoms with Gasteiger partial charge in [-0.3, -0.25) is 14.4 Å². The van der Waals surface area contributed by atoms with Crippen LogP contribution >= 0.6 is 46.6 Å². The zero-order chi connectivity index (χ0) is 26.9. The lowest BCUT2D eigenvalue weighted by molar-refractivity contribution is -0.131. The Kier molecular flexibility index (Phi) is 12.1. The van der Waals surface area contributed by atoms with Gasteiger partial charge in [-0.2, -0.15) is 17.4 Å². The standard InChI is InChI=1S/C23H31IN4O5S3/c1-14(2)5-10-17(28-36(32,33)20-4-3-11-35-20)22(30)26-18(12-15-6-8-16(24)9-7-15)23(31)27-19(13-34)21(25)29/h3-4,6-9,11,14,17-19,28,34H,5,10,12-13H2,1-2H3,(H2,25,29)(H,26,30)(H,27,31)/t17-,18-,19-/m0/s1. The zero-order valence-corrected chi connectivity index (χ0v) is 24.6. The Bertz CT molecular complexity index is 1130. The maximum absolute atomic E-state index is 13.3. The molecule has 0 saturated carbocycles. The van der Waals surface area contributed by atoms with Gasteiger partial charge in [0.2, 0.25) is 17.7 Å². The van der Waals surface area contributed by atoms with Crippen LogP contribution in [0.5, 0.6) is 0 Å². The summed E-state index contributed by atoms with van der Waals surface area (Å²) in [5, 5.41) is 6.84. The van der Waals surface area contributed by atoms with Crippen LogP contribution in [0.2, 0.25) is 0 Å². The summed E-state index contributed by atoms with van der Waals surface area (Å²) in [5.74, 6) is -1.80. The second-order valence-corrected chi connectivity index (χ2v) is 13.1. The molecule has 1 aromatic carbocycles. The summed E-state index contributed by atoms with van der Waals surface area (Å²) >= 11 is 7.26. The average Bonchev–Trinajstić information content (AvgIpc) is 3.36. The maximum atomic E-state index is 13.3. The topological polar surface area (TPSA) is 147 Å². The van der Waals surface area contributed by atoms with Crippen LogP contribution in [0, 0.1) is 9.49 Å². The molecule has 9 nitrogen and oxygen atoms in total. The minimum Gasteiger partial charge on any atom is -0.368 e. The van der Waals surface area contributed by atoms with Crippen LogP contribution in [0.3, 0.4) is 0 Å². The van der Waals surface area contributed by atoms with Crippen molar-refractivity contribution in [2.75, 3.05) is 5.75 Å². The first kappa shape index (κ1) is 30.5. The van der Waals surface area contributed by atoms with Gasteiger partial charge in [0.25, 0.3) is 10.0 Å². The first-order valence-electron chi connectivity index (χ1n) is 11.2. The third-order valence-electron chi connectivity index (χ3n) is 5.24. The third kappa shape index (κ3) is 9.65. The van der Waals surface area contributed by atoms with Gasteiger partial charge in [0.15, 0.2) is 0 Å². The van der Waals surface area contributed by atoms with Gasteiger partial charge in [-0.25, -0.2) is 8.42 Å². The molecule has 3 amide bonds. The molecule has 0 aliphatic carbocycles. The summed E-state index contributed by atoms with van der Waals surface area (Å²) in [5.41, 5.74) is 6.10. The van der Waals surface area contributed by atoms with E-state index in [1.165, 1.54) is 6.07 Å². The Labute approximate surface area is 235 Å². The Balaban J connectivity index is 2.29. The van der Waals surface area contributed by atoms with Crippen molar-refractivity contribution in [1.29, 1.82) is 0 Å². The Hall–Kier alpha value is -1.68. The molecule has 198 valence electrons. The van der Waals surface area contributed by atoms with Gasteiger partial charge >= 0.3 is 0 Å². The number of carbonyl (C=O) groups is 3. The van der Waals surface area contributed by atoms with Gasteiger partial charge in [-0.15, -0.1) is 11.3 Å². The molecule has 0 fully saturated rings. The number of rotatable bonds is 14. The van der Waals surface area contributed by atoms with Gasteiger partial charge in [0, 0.05) is 15.7 Å². The summed E-state index contributed by atoms with van der Waals surface area (Å²) in [6, 6.07) is 7.27. The van der Waals surface area contributed by atoms with E-state index in [0.29, 0.717) is 6.42 Å². The van der Waals surface area contributed by atoms with Crippen LogP contribution < -0.4 is 21.1 Å². The number of nitrogens with two attached hydrogens (primary N) is 1. The molecular weight excluding hydrogens is 635 g/mol. The number of primary amides is 1. The summed E-state index contributed by atoms with van der Waals surface area (Å²) in [6.07, 6.45) is 0.954. The highest BCUT2D eigenvalue weighted by Crippen LogP contribution is 2.18. The number of thiol groups is 1. The van der Waals surface area contributed by atoms with E-state index < -0.39 is 45.9 Å². The van der Waals surface area contributed by atoms with Crippen LogP contribution in [-0.2, 0) is 30.8 Å². The molecule has 0 aliphatic rings. The molecule has 5 N–H and O–H groups in total. The fraction of sp³-hybridized carbons (Fsp3) is 0.435. The zero-order valence-electron chi connectivity index (χ0n) is 19.9. The fourth-order valence-corrected chi connectivity index (χ4v) is 6.09. The molecule has 13 heteroatoms. The molecular formula is C23H31IN4O5S3. The van der Waals surface area contributed by atoms with Crippen LogP contribution in [0.25, 0.3) is 0 Å². The minimum absolute atomic E-state index is 0.0110. The van der Waals surface area contributed by atoms with E-state index in [9.17, 15) is 22.8 Å². The van der Waals surface area contributed by atoms with E-state index in [-0.39, 0.29) is 28.7 Å². The lowest BCUT2D eigenvalue weighted by Crippen LogP contribution is -2.57. The third-order valence-corrected chi connectivity index (χ3v) is 9.19. The average molecular weight is 667 g/mol. The summed E-state index contributed by atoms with van der Waals surface area (Å²) in [6.45, 7) is 3.94. The number of hydrogen-bond donors (Lipinski definition) is 5. The Morgan fingerprint density at radius 2 is 1.61 bits per heavy atom. The van der Waals surface area contributed by atoms with E-state index in [2.05, 4.69) is 50.6 Å². The van der Waals surface area contributed by atoms with Crippen molar-refractivity contribution in [3.63, 3.8) is 0 Å². The molecule has 0 saturated heterocycles. The molecule has 0 aliphatic heterocycles. The first-order chi connectivity index (χ1) is 16.9. The Morgan fingerprint density at radius 1 is 1.00 bits per heavy atom. The summed E-state index contributed by atoms with van der Waals surface area (Å²) in [4.78, 5) is 38.0. The van der Waals surface area contributed by atoms with Crippen LogP contribution in [0.4, 0.5) is 0 Å². The lowest BCUT2D eigenvalue weighted by atomic mass is 10.0. The molecule has 36 heavy (non-hydrogen) atoms. The number of halogens is 1. The van der Waals surface area contributed by atoms with E-state index in [0.717, 1.165) is 20.5 Å². The number of hydrogen-bond acceptors (Lipinski definition) is 7. The van der Waals surface area contributed by atoms with Gasteiger partial charge in [-0.05, 0) is 70.5 Å². The van der Waals surface area contributed by atoms with Crippen molar-refractivity contribution < 1.29 is 22.8 Å². The summed E-state index contributed by atoms with van der Waals surface area (Å²) in [7, 11) is -3.93. The van der Waals surface area contributed by atoms with Crippen molar-refractivity contribution in [1.82, 2.24) is 15.4 Å². The molecule has 1 heterocycles.